The van der Waals surface area contributed by atoms with E-state index in [1.54, 1.807) is 0 Å². The first-order chi connectivity index (χ1) is 11.9. The summed E-state index contributed by atoms with van der Waals surface area (Å²) >= 11 is 5.99. The van der Waals surface area contributed by atoms with Crippen molar-refractivity contribution in [1.29, 1.82) is 0 Å². The van der Waals surface area contributed by atoms with Crippen LogP contribution in [0.5, 0.6) is 0 Å². The number of nitrogens with zero attached hydrogens (tertiary/aromatic N) is 1. The zero-order valence-corrected chi connectivity index (χ0v) is 15.3. The Hall–Kier alpha value is -1.84. The molecular weight excluding hydrogens is 334 g/mol. The molecule has 0 radical (unpaired) electrons. The van der Waals surface area contributed by atoms with Gasteiger partial charge >= 0.3 is 0 Å². The van der Waals surface area contributed by atoms with Crippen molar-refractivity contribution in [3.8, 4) is 0 Å². The van der Waals surface area contributed by atoms with Crippen LogP contribution in [0.4, 0.5) is 0 Å². The Morgan fingerprint density at radius 2 is 1.88 bits per heavy atom. The van der Waals surface area contributed by atoms with Crippen molar-refractivity contribution in [3.05, 3.63) is 70.2 Å². The lowest BCUT2D eigenvalue weighted by Crippen LogP contribution is -2.43. The second kappa shape index (κ2) is 5.86. The highest BCUT2D eigenvalue weighted by Gasteiger charge is 2.48. The third-order valence-corrected chi connectivity index (χ3v) is 5.88. The minimum atomic E-state index is -0.589. The molecule has 1 atom stereocenters. The third-order valence-electron chi connectivity index (χ3n) is 5.63. The molecule has 1 spiro atoms. The van der Waals surface area contributed by atoms with E-state index in [-0.39, 0.29) is 11.5 Å². The van der Waals surface area contributed by atoms with Crippen molar-refractivity contribution >= 4 is 17.5 Å². The van der Waals surface area contributed by atoms with Gasteiger partial charge in [0.25, 0.3) is 0 Å². The highest BCUT2D eigenvalue weighted by atomic mass is 35.5. The average Bonchev–Trinajstić information content (AvgIpc) is 3.20. The lowest BCUT2D eigenvalue weighted by atomic mass is 9.83. The molecule has 1 amide bonds. The van der Waals surface area contributed by atoms with Gasteiger partial charge in [-0.2, -0.15) is 0 Å². The topological polar surface area (TPSA) is 29.5 Å². The fourth-order valence-electron chi connectivity index (χ4n) is 4.06. The van der Waals surface area contributed by atoms with Crippen molar-refractivity contribution in [2.24, 2.45) is 0 Å². The Kier molecular flexibility index (Phi) is 3.89. The van der Waals surface area contributed by atoms with E-state index in [0.29, 0.717) is 18.2 Å². The maximum absolute atomic E-state index is 13.2. The predicted molar refractivity (Wildman–Crippen MR) is 98.6 cm³/mol. The molecule has 4 heteroatoms. The highest BCUT2D eigenvalue weighted by Crippen LogP contribution is 2.44. The van der Waals surface area contributed by atoms with Gasteiger partial charge in [0.1, 0.15) is 5.60 Å². The number of rotatable bonds is 2. The van der Waals surface area contributed by atoms with E-state index in [9.17, 15) is 4.79 Å². The molecule has 130 valence electrons. The van der Waals surface area contributed by atoms with Crippen LogP contribution in [0.1, 0.15) is 37.0 Å². The molecule has 3 nitrogen and oxygen atoms in total. The van der Waals surface area contributed by atoms with E-state index in [2.05, 4.69) is 18.2 Å². The van der Waals surface area contributed by atoms with Gasteiger partial charge in [-0.25, -0.2) is 0 Å². The third kappa shape index (κ3) is 2.66. The SMILES string of the molecule is CC(C)(C(=O)N1CCC2(C1)OCc1ccccc12)c1ccc(Cl)cc1. The number of ether oxygens (including phenoxy) is 1. The summed E-state index contributed by atoms with van der Waals surface area (Å²) in [7, 11) is 0. The van der Waals surface area contributed by atoms with Crippen molar-refractivity contribution < 1.29 is 9.53 Å². The number of carbonyl (C=O) groups excluding carboxylic acids is 1. The fourth-order valence-corrected chi connectivity index (χ4v) is 4.19. The largest absolute Gasteiger partial charge is 0.364 e. The van der Waals surface area contributed by atoms with Gasteiger partial charge in [0.15, 0.2) is 0 Å². The Balaban J connectivity index is 1.58. The van der Waals surface area contributed by atoms with Crippen molar-refractivity contribution in [2.75, 3.05) is 13.1 Å². The van der Waals surface area contributed by atoms with Crippen molar-refractivity contribution in [3.63, 3.8) is 0 Å². The molecule has 0 N–H and O–H groups in total. The molecule has 0 aromatic heterocycles. The highest BCUT2D eigenvalue weighted by molar-refractivity contribution is 6.30. The van der Waals surface area contributed by atoms with Crippen LogP contribution in [-0.2, 0) is 27.2 Å². The summed E-state index contributed by atoms with van der Waals surface area (Å²) in [6, 6.07) is 15.9. The molecule has 4 rings (SSSR count). The maximum Gasteiger partial charge on any atom is 0.232 e. The molecule has 1 fully saturated rings. The summed E-state index contributed by atoms with van der Waals surface area (Å²) in [5, 5.41) is 0.683. The van der Waals surface area contributed by atoms with Crippen LogP contribution in [0.2, 0.25) is 5.02 Å². The molecule has 0 saturated carbocycles. The van der Waals surface area contributed by atoms with Gasteiger partial charge in [-0.3, -0.25) is 4.79 Å². The molecule has 2 aromatic rings. The number of fused-ring (bicyclic) bond motifs is 2. The van der Waals surface area contributed by atoms with Gasteiger partial charge in [-0.05, 0) is 49.1 Å². The monoisotopic (exact) mass is 355 g/mol. The van der Waals surface area contributed by atoms with Gasteiger partial charge in [-0.15, -0.1) is 0 Å². The molecule has 2 heterocycles. The van der Waals surface area contributed by atoms with Gasteiger partial charge in [-0.1, -0.05) is 48.0 Å². The van der Waals surface area contributed by atoms with Crippen LogP contribution in [0.3, 0.4) is 0 Å². The van der Waals surface area contributed by atoms with Gasteiger partial charge in [0.2, 0.25) is 5.91 Å². The Labute approximate surface area is 153 Å². The van der Waals surface area contributed by atoms with E-state index < -0.39 is 5.41 Å². The van der Waals surface area contributed by atoms with E-state index in [1.807, 2.05) is 49.1 Å². The van der Waals surface area contributed by atoms with E-state index in [1.165, 1.54) is 11.1 Å². The second-order valence-corrected chi connectivity index (χ2v) is 7.99. The number of hydrogen-bond donors (Lipinski definition) is 0. The van der Waals surface area contributed by atoms with Crippen molar-refractivity contribution in [2.45, 2.75) is 37.9 Å². The summed E-state index contributed by atoms with van der Waals surface area (Å²) in [4.78, 5) is 15.2. The maximum atomic E-state index is 13.2. The molecule has 1 unspecified atom stereocenters. The number of likely N-dealkylation sites (tertiary alicyclic amines) is 1. The molecule has 0 aliphatic carbocycles. The Morgan fingerprint density at radius 3 is 2.64 bits per heavy atom. The molecule has 0 bridgehead atoms. The number of hydrogen-bond acceptors (Lipinski definition) is 2. The minimum Gasteiger partial charge on any atom is -0.364 e. The first-order valence-electron chi connectivity index (χ1n) is 8.70. The lowest BCUT2D eigenvalue weighted by molar-refractivity contribution is -0.136. The Morgan fingerprint density at radius 1 is 1.16 bits per heavy atom. The normalized spacial score (nSPS) is 22.4. The zero-order valence-electron chi connectivity index (χ0n) is 14.6. The number of amides is 1. The van der Waals surface area contributed by atoms with Crippen molar-refractivity contribution in [1.82, 2.24) is 4.90 Å². The minimum absolute atomic E-state index is 0.139. The molecule has 25 heavy (non-hydrogen) atoms. The summed E-state index contributed by atoms with van der Waals surface area (Å²) in [5.74, 6) is 0.139. The zero-order chi connectivity index (χ0) is 17.7. The molecule has 2 aliphatic heterocycles. The van der Waals surface area contributed by atoms with Gasteiger partial charge < -0.3 is 9.64 Å². The Bertz CT molecular complexity index is 815. The first kappa shape index (κ1) is 16.6. The first-order valence-corrected chi connectivity index (χ1v) is 9.08. The van der Waals surface area contributed by atoms with Gasteiger partial charge in [0, 0.05) is 11.6 Å². The lowest BCUT2D eigenvalue weighted by Gasteiger charge is -2.31. The van der Waals surface area contributed by atoms with Gasteiger partial charge in [0.05, 0.1) is 18.6 Å². The number of halogens is 1. The molecular formula is C21H22ClNO2. The smallest absolute Gasteiger partial charge is 0.232 e. The van der Waals surface area contributed by atoms with Crippen LogP contribution < -0.4 is 0 Å². The average molecular weight is 356 g/mol. The number of carbonyl (C=O) groups is 1. The molecule has 1 saturated heterocycles. The fraction of sp³-hybridized carbons (Fsp3) is 0.381. The second-order valence-electron chi connectivity index (χ2n) is 7.55. The quantitative estimate of drug-likeness (QED) is 0.804. The van der Waals surface area contributed by atoms with Crippen LogP contribution in [0, 0.1) is 0 Å². The summed E-state index contributed by atoms with van der Waals surface area (Å²) < 4.78 is 6.18. The van der Waals surface area contributed by atoms with E-state index in [0.717, 1.165) is 18.5 Å². The standard InChI is InChI=1S/C21H22ClNO2/c1-20(2,16-7-9-17(22)10-8-16)19(24)23-12-11-21(14-23)18-6-4-3-5-15(18)13-25-21/h3-10H,11-14H2,1-2H3. The van der Waals surface area contributed by atoms with Crippen LogP contribution >= 0.6 is 11.6 Å². The molecule has 2 aromatic carbocycles. The summed E-state index contributed by atoms with van der Waals surface area (Å²) in [5.41, 5.74) is 2.55. The van der Waals surface area contributed by atoms with E-state index in [4.69, 9.17) is 16.3 Å². The van der Waals surface area contributed by atoms with Crippen LogP contribution in [0.15, 0.2) is 48.5 Å². The van der Waals surface area contributed by atoms with Crippen LogP contribution in [-0.4, -0.2) is 23.9 Å². The number of benzene rings is 2. The molecule has 2 aliphatic rings. The summed E-state index contributed by atoms with van der Waals surface area (Å²) in [6.07, 6.45) is 0.854. The predicted octanol–water partition coefficient (Wildman–Crippen LogP) is 4.28. The van der Waals surface area contributed by atoms with E-state index >= 15 is 0 Å². The summed E-state index contributed by atoms with van der Waals surface area (Å²) in [6.45, 7) is 5.95. The van der Waals surface area contributed by atoms with Crippen LogP contribution in [0.25, 0.3) is 0 Å².